The van der Waals surface area contributed by atoms with E-state index in [4.69, 9.17) is 0 Å². The fourth-order valence-corrected chi connectivity index (χ4v) is 1.95. The quantitative estimate of drug-likeness (QED) is 0.471. The number of rotatable bonds is 3. The van der Waals surface area contributed by atoms with E-state index in [1.54, 1.807) is 12.1 Å². The van der Waals surface area contributed by atoms with Crippen molar-refractivity contribution in [3.8, 4) is 0 Å². The van der Waals surface area contributed by atoms with E-state index in [2.05, 4.69) is 5.32 Å². The molecule has 1 aliphatic rings. The molecular formula is C11H13N3O3. The molecule has 0 saturated carbocycles. The van der Waals surface area contributed by atoms with Crippen LogP contribution in [0, 0.1) is 10.1 Å². The Labute approximate surface area is 98.4 Å². The van der Waals surface area contributed by atoms with Crippen LogP contribution < -0.4 is 10.2 Å². The summed E-state index contributed by atoms with van der Waals surface area (Å²) in [7, 11) is 0. The highest BCUT2D eigenvalue weighted by atomic mass is 16.6. The lowest BCUT2D eigenvalue weighted by atomic mass is 10.1. The molecule has 6 nitrogen and oxygen atoms in total. The molecule has 1 unspecified atom stereocenters. The Bertz CT molecular complexity index is 436. The second-order valence-electron chi connectivity index (χ2n) is 3.88. The predicted molar refractivity (Wildman–Crippen MR) is 63.2 cm³/mol. The van der Waals surface area contributed by atoms with Crippen molar-refractivity contribution in [1.82, 2.24) is 5.32 Å². The molecule has 17 heavy (non-hydrogen) atoms. The first-order valence-electron chi connectivity index (χ1n) is 5.39. The third-order valence-corrected chi connectivity index (χ3v) is 2.81. The van der Waals surface area contributed by atoms with Gasteiger partial charge < -0.3 is 15.0 Å². The van der Waals surface area contributed by atoms with E-state index in [-0.39, 0.29) is 11.7 Å². The number of nitrogens with one attached hydrogen (secondary N) is 1. The van der Waals surface area contributed by atoms with Gasteiger partial charge in [-0.1, -0.05) is 6.07 Å². The maximum absolute atomic E-state index is 10.9. The molecule has 1 fully saturated rings. The molecule has 0 bridgehead atoms. The molecule has 0 amide bonds. The second kappa shape index (κ2) is 4.92. The van der Waals surface area contributed by atoms with Crippen LogP contribution in [0.25, 0.3) is 0 Å². The second-order valence-corrected chi connectivity index (χ2v) is 3.88. The number of hydrogen-bond donors (Lipinski definition) is 1. The van der Waals surface area contributed by atoms with E-state index in [9.17, 15) is 14.9 Å². The highest BCUT2D eigenvalue weighted by Gasteiger charge is 2.22. The zero-order chi connectivity index (χ0) is 12.3. The number of aldehydes is 1. The molecule has 90 valence electrons. The van der Waals surface area contributed by atoms with Gasteiger partial charge in [-0.15, -0.1) is 0 Å². The third kappa shape index (κ3) is 2.42. The molecule has 1 saturated heterocycles. The number of benzene rings is 1. The molecule has 0 aromatic heterocycles. The summed E-state index contributed by atoms with van der Waals surface area (Å²) in [5, 5.41) is 13.8. The summed E-state index contributed by atoms with van der Waals surface area (Å²) in [5.41, 5.74) is 0.767. The fourth-order valence-electron chi connectivity index (χ4n) is 1.95. The lowest BCUT2D eigenvalue weighted by Crippen LogP contribution is -2.52. The van der Waals surface area contributed by atoms with Crippen molar-refractivity contribution in [2.24, 2.45) is 0 Å². The minimum absolute atomic E-state index is 0.0469. The molecule has 6 heteroatoms. The van der Waals surface area contributed by atoms with E-state index < -0.39 is 4.92 Å². The zero-order valence-corrected chi connectivity index (χ0v) is 9.20. The molecule has 1 heterocycles. The molecule has 0 aliphatic carbocycles. The summed E-state index contributed by atoms with van der Waals surface area (Å²) in [6.45, 7) is 2.02. The monoisotopic (exact) mass is 235 g/mol. The summed E-state index contributed by atoms with van der Waals surface area (Å²) in [6.07, 6.45) is 0.866. The highest BCUT2D eigenvalue weighted by molar-refractivity contribution is 5.68. The Morgan fingerprint density at radius 3 is 3.06 bits per heavy atom. The first-order chi connectivity index (χ1) is 8.22. The number of hydrogen-bond acceptors (Lipinski definition) is 5. The summed E-state index contributed by atoms with van der Waals surface area (Å²) >= 11 is 0. The molecule has 0 spiro atoms. The Morgan fingerprint density at radius 1 is 1.53 bits per heavy atom. The van der Waals surface area contributed by atoms with Crippen molar-refractivity contribution in [1.29, 1.82) is 0 Å². The van der Waals surface area contributed by atoms with Crippen LogP contribution in [0.15, 0.2) is 24.3 Å². The van der Waals surface area contributed by atoms with E-state index in [0.29, 0.717) is 13.1 Å². The number of nitro benzene ring substituents is 1. The topological polar surface area (TPSA) is 75.5 Å². The predicted octanol–water partition coefficient (Wildman–Crippen LogP) is 0.572. The van der Waals surface area contributed by atoms with Crippen molar-refractivity contribution < 1.29 is 9.72 Å². The van der Waals surface area contributed by atoms with Crippen molar-refractivity contribution in [3.63, 3.8) is 0 Å². The van der Waals surface area contributed by atoms with Gasteiger partial charge in [0.1, 0.15) is 6.29 Å². The fraction of sp³-hybridized carbons (Fsp3) is 0.364. The molecule has 1 N–H and O–H groups in total. The minimum atomic E-state index is -0.429. The van der Waals surface area contributed by atoms with Gasteiger partial charge in [-0.2, -0.15) is 0 Å². The van der Waals surface area contributed by atoms with Crippen LogP contribution in [-0.4, -0.2) is 36.9 Å². The van der Waals surface area contributed by atoms with Crippen LogP contribution >= 0.6 is 0 Å². The molecule has 1 aromatic rings. The van der Waals surface area contributed by atoms with E-state index >= 15 is 0 Å². The van der Waals surface area contributed by atoms with E-state index in [0.717, 1.165) is 18.5 Å². The van der Waals surface area contributed by atoms with Gasteiger partial charge in [-0.3, -0.25) is 10.1 Å². The SMILES string of the molecule is O=CC1CNCCN1c1cccc([N+](=O)[O-])c1. The first kappa shape index (κ1) is 11.5. The number of carbonyl (C=O) groups is 1. The number of non-ortho nitro benzene ring substituents is 1. The summed E-state index contributed by atoms with van der Waals surface area (Å²) in [4.78, 5) is 23.1. The summed E-state index contributed by atoms with van der Waals surface area (Å²) in [6, 6.07) is 6.11. The molecule has 1 atom stereocenters. The van der Waals surface area contributed by atoms with Crippen LogP contribution in [0.5, 0.6) is 0 Å². The summed E-state index contributed by atoms with van der Waals surface area (Å²) < 4.78 is 0. The Kier molecular flexibility index (Phi) is 3.34. The van der Waals surface area contributed by atoms with Gasteiger partial charge in [0.05, 0.1) is 11.0 Å². The van der Waals surface area contributed by atoms with Crippen molar-refractivity contribution >= 4 is 17.7 Å². The van der Waals surface area contributed by atoms with Crippen LogP contribution in [0.3, 0.4) is 0 Å². The first-order valence-corrected chi connectivity index (χ1v) is 5.39. The Morgan fingerprint density at radius 2 is 2.35 bits per heavy atom. The Hall–Kier alpha value is -1.95. The normalized spacial score (nSPS) is 20.0. The third-order valence-electron chi connectivity index (χ3n) is 2.81. The number of carbonyl (C=O) groups excluding carboxylic acids is 1. The average Bonchev–Trinajstić information content (AvgIpc) is 2.39. The summed E-state index contributed by atoms with van der Waals surface area (Å²) in [5.74, 6) is 0. The largest absolute Gasteiger partial charge is 0.359 e. The average molecular weight is 235 g/mol. The van der Waals surface area contributed by atoms with Crippen LogP contribution in [-0.2, 0) is 4.79 Å². The van der Waals surface area contributed by atoms with E-state index in [1.807, 2.05) is 4.90 Å². The van der Waals surface area contributed by atoms with Gasteiger partial charge in [-0.25, -0.2) is 0 Å². The number of anilines is 1. The van der Waals surface area contributed by atoms with Crippen LogP contribution in [0.1, 0.15) is 0 Å². The smallest absolute Gasteiger partial charge is 0.271 e. The maximum atomic E-state index is 10.9. The van der Waals surface area contributed by atoms with Gasteiger partial charge in [0.25, 0.3) is 5.69 Å². The molecule has 2 rings (SSSR count). The van der Waals surface area contributed by atoms with Gasteiger partial charge in [0.2, 0.25) is 0 Å². The van der Waals surface area contributed by atoms with Gasteiger partial charge >= 0.3 is 0 Å². The van der Waals surface area contributed by atoms with E-state index in [1.165, 1.54) is 12.1 Å². The van der Waals surface area contributed by atoms with Gasteiger partial charge in [0, 0.05) is 37.5 Å². The highest BCUT2D eigenvalue weighted by Crippen LogP contribution is 2.22. The molecular weight excluding hydrogens is 222 g/mol. The maximum Gasteiger partial charge on any atom is 0.271 e. The van der Waals surface area contributed by atoms with Crippen LogP contribution in [0.2, 0.25) is 0 Å². The van der Waals surface area contributed by atoms with Gasteiger partial charge in [-0.05, 0) is 6.07 Å². The lowest BCUT2D eigenvalue weighted by molar-refractivity contribution is -0.384. The van der Waals surface area contributed by atoms with Crippen molar-refractivity contribution in [3.05, 3.63) is 34.4 Å². The zero-order valence-electron chi connectivity index (χ0n) is 9.20. The van der Waals surface area contributed by atoms with Gasteiger partial charge in [0.15, 0.2) is 0 Å². The number of nitro groups is 1. The Balaban J connectivity index is 2.28. The van der Waals surface area contributed by atoms with Crippen LogP contribution in [0.4, 0.5) is 11.4 Å². The number of nitrogens with zero attached hydrogens (tertiary/aromatic N) is 2. The molecule has 0 radical (unpaired) electrons. The van der Waals surface area contributed by atoms with Crippen molar-refractivity contribution in [2.75, 3.05) is 24.5 Å². The standard InChI is InChI=1S/C11H13N3O3/c15-8-11-7-12-4-5-13(11)9-2-1-3-10(6-9)14(16)17/h1-3,6,8,11-12H,4-5,7H2. The van der Waals surface area contributed by atoms with Crippen molar-refractivity contribution in [2.45, 2.75) is 6.04 Å². The number of piperazine rings is 1. The molecule has 1 aromatic carbocycles. The lowest BCUT2D eigenvalue weighted by Gasteiger charge is -2.34. The minimum Gasteiger partial charge on any atom is -0.359 e. The molecule has 1 aliphatic heterocycles.